The number of hydrogen-bond donors (Lipinski definition) is 3. The minimum atomic E-state index is 0.199. The topological polar surface area (TPSA) is 37.7 Å². The van der Waals surface area contributed by atoms with E-state index in [0.717, 1.165) is 24.5 Å². The normalized spacial score (nSPS) is 11.3. The summed E-state index contributed by atoms with van der Waals surface area (Å²) < 4.78 is 5.12. The molecule has 1 rings (SSSR count). The zero-order chi connectivity index (χ0) is 15.2. The van der Waals surface area contributed by atoms with Crippen LogP contribution in [0.3, 0.4) is 0 Å². The van der Waals surface area contributed by atoms with E-state index in [1.165, 1.54) is 4.90 Å². The fourth-order valence-electron chi connectivity index (χ4n) is 2.19. The first-order valence-electron chi connectivity index (χ1n) is 6.80. The van der Waals surface area contributed by atoms with Gasteiger partial charge in [-0.2, -0.15) is 0 Å². The first-order chi connectivity index (χ1) is 9.32. The van der Waals surface area contributed by atoms with E-state index in [1.54, 1.807) is 7.11 Å². The van der Waals surface area contributed by atoms with Crippen molar-refractivity contribution >= 4 is 23.0 Å². The van der Waals surface area contributed by atoms with Crippen LogP contribution in [-0.4, -0.2) is 39.4 Å². The first kappa shape index (κ1) is 16.7. The van der Waals surface area contributed by atoms with Crippen molar-refractivity contribution < 1.29 is 9.64 Å². The van der Waals surface area contributed by atoms with E-state index in [0.29, 0.717) is 5.11 Å². The predicted octanol–water partition coefficient (Wildman–Crippen LogP) is 1.15. The number of rotatable bonds is 6. The molecular weight excluding hydrogens is 270 g/mol. The van der Waals surface area contributed by atoms with E-state index in [9.17, 15) is 0 Å². The molecule has 0 unspecified atom stereocenters. The number of thiocarbonyl (C=S) groups is 1. The summed E-state index contributed by atoms with van der Waals surface area (Å²) in [4.78, 5) is 1.44. The number of benzene rings is 1. The molecule has 5 heteroatoms. The maximum absolute atomic E-state index is 5.32. The summed E-state index contributed by atoms with van der Waals surface area (Å²) in [5.41, 5.74) is 1.16. The molecule has 1 aromatic rings. The Morgan fingerprint density at radius 2 is 1.85 bits per heavy atom. The molecule has 1 aromatic carbocycles. The average molecular weight is 296 g/mol. The van der Waals surface area contributed by atoms with Crippen LogP contribution in [0.5, 0.6) is 5.75 Å². The Morgan fingerprint density at radius 3 is 2.35 bits per heavy atom. The molecule has 0 atom stereocenters. The molecule has 0 heterocycles. The van der Waals surface area contributed by atoms with Gasteiger partial charge in [0.1, 0.15) is 5.75 Å². The lowest BCUT2D eigenvalue weighted by atomic mass is 9.93. The molecular formula is C15H26N3OS+. The van der Waals surface area contributed by atoms with Gasteiger partial charge in [0, 0.05) is 17.6 Å². The van der Waals surface area contributed by atoms with Gasteiger partial charge in [0.15, 0.2) is 5.11 Å². The van der Waals surface area contributed by atoms with Gasteiger partial charge in [-0.05, 0) is 36.5 Å². The van der Waals surface area contributed by atoms with E-state index in [-0.39, 0.29) is 5.41 Å². The zero-order valence-electron chi connectivity index (χ0n) is 13.0. The van der Waals surface area contributed by atoms with Gasteiger partial charge in [-0.15, -0.1) is 0 Å². The maximum atomic E-state index is 5.32. The van der Waals surface area contributed by atoms with Crippen molar-refractivity contribution in [3.8, 4) is 5.75 Å². The van der Waals surface area contributed by atoms with Crippen molar-refractivity contribution in [2.75, 3.05) is 39.6 Å². The van der Waals surface area contributed by atoms with Crippen molar-refractivity contribution in [2.24, 2.45) is 5.41 Å². The molecule has 4 nitrogen and oxygen atoms in total. The standard InChI is InChI=1S/C15H25N3OS/c1-15(2,11-18(3)4)10-16-14(20)17-12-6-8-13(19-5)9-7-12/h6-9H,10-11H2,1-5H3,(H2,16,17,20)/p+1. The van der Waals surface area contributed by atoms with Crippen LogP contribution in [0.4, 0.5) is 5.69 Å². The number of methoxy groups -OCH3 is 1. The van der Waals surface area contributed by atoms with Gasteiger partial charge >= 0.3 is 0 Å². The van der Waals surface area contributed by atoms with Gasteiger partial charge in [0.25, 0.3) is 0 Å². The second-order valence-corrected chi connectivity index (χ2v) is 6.49. The number of ether oxygens (including phenoxy) is 1. The summed E-state index contributed by atoms with van der Waals surface area (Å²) >= 11 is 5.32. The summed E-state index contributed by atoms with van der Waals surface area (Å²) in [6.07, 6.45) is 0. The molecule has 20 heavy (non-hydrogen) atoms. The lowest BCUT2D eigenvalue weighted by Crippen LogP contribution is -3.07. The fourth-order valence-corrected chi connectivity index (χ4v) is 2.38. The minimum Gasteiger partial charge on any atom is -0.497 e. The van der Waals surface area contributed by atoms with E-state index >= 15 is 0 Å². The smallest absolute Gasteiger partial charge is 0.170 e. The van der Waals surface area contributed by atoms with Gasteiger partial charge in [-0.25, -0.2) is 0 Å². The molecule has 0 saturated heterocycles. The van der Waals surface area contributed by atoms with Gasteiger partial charge in [0.2, 0.25) is 0 Å². The van der Waals surface area contributed by atoms with Gasteiger partial charge < -0.3 is 20.3 Å². The van der Waals surface area contributed by atoms with Crippen molar-refractivity contribution in [3.63, 3.8) is 0 Å². The van der Waals surface area contributed by atoms with Crippen LogP contribution in [0.15, 0.2) is 24.3 Å². The predicted molar refractivity (Wildman–Crippen MR) is 88.7 cm³/mol. The Morgan fingerprint density at radius 1 is 1.25 bits per heavy atom. The third-order valence-electron chi connectivity index (χ3n) is 2.91. The second kappa shape index (κ2) is 7.45. The lowest BCUT2D eigenvalue weighted by Gasteiger charge is -2.26. The summed E-state index contributed by atoms with van der Waals surface area (Å²) in [6.45, 7) is 6.41. The average Bonchev–Trinajstić information content (AvgIpc) is 2.36. The quantitative estimate of drug-likeness (QED) is 0.689. The van der Waals surface area contributed by atoms with Gasteiger partial charge in [-0.3, -0.25) is 0 Å². The highest BCUT2D eigenvalue weighted by molar-refractivity contribution is 7.80. The molecule has 0 fully saturated rings. The van der Waals surface area contributed by atoms with Crippen molar-refractivity contribution in [1.82, 2.24) is 5.32 Å². The molecule has 0 aromatic heterocycles. The lowest BCUT2D eigenvalue weighted by molar-refractivity contribution is -0.865. The number of anilines is 1. The maximum Gasteiger partial charge on any atom is 0.170 e. The second-order valence-electron chi connectivity index (χ2n) is 6.08. The molecule has 3 N–H and O–H groups in total. The largest absolute Gasteiger partial charge is 0.497 e. The zero-order valence-corrected chi connectivity index (χ0v) is 13.9. The van der Waals surface area contributed by atoms with E-state index in [4.69, 9.17) is 17.0 Å². The van der Waals surface area contributed by atoms with E-state index in [1.807, 2.05) is 24.3 Å². The highest BCUT2D eigenvalue weighted by atomic mass is 32.1. The van der Waals surface area contributed by atoms with Crippen LogP contribution in [0.1, 0.15) is 13.8 Å². The van der Waals surface area contributed by atoms with Crippen LogP contribution in [0.2, 0.25) is 0 Å². The molecule has 0 radical (unpaired) electrons. The van der Waals surface area contributed by atoms with Crippen molar-refractivity contribution in [3.05, 3.63) is 24.3 Å². The molecule has 0 spiro atoms. The van der Waals surface area contributed by atoms with E-state index < -0.39 is 0 Å². The number of quaternary nitrogens is 1. The molecule has 0 bridgehead atoms. The third-order valence-corrected chi connectivity index (χ3v) is 3.15. The van der Waals surface area contributed by atoms with Crippen LogP contribution in [-0.2, 0) is 0 Å². The Balaban J connectivity index is 2.43. The van der Waals surface area contributed by atoms with E-state index in [2.05, 4.69) is 38.6 Å². The van der Waals surface area contributed by atoms with Crippen molar-refractivity contribution in [1.29, 1.82) is 0 Å². The Labute approximate surface area is 127 Å². The highest BCUT2D eigenvalue weighted by Crippen LogP contribution is 2.15. The summed E-state index contributed by atoms with van der Waals surface area (Å²) in [5, 5.41) is 7.11. The number of hydrogen-bond acceptors (Lipinski definition) is 2. The monoisotopic (exact) mass is 296 g/mol. The molecule has 0 aliphatic heterocycles. The molecule has 0 amide bonds. The van der Waals surface area contributed by atoms with Crippen LogP contribution < -0.4 is 20.3 Å². The molecule has 0 saturated carbocycles. The first-order valence-corrected chi connectivity index (χ1v) is 7.21. The molecule has 0 aliphatic carbocycles. The minimum absolute atomic E-state index is 0.199. The summed E-state index contributed by atoms with van der Waals surface area (Å²) in [7, 11) is 5.98. The van der Waals surface area contributed by atoms with Crippen molar-refractivity contribution in [2.45, 2.75) is 13.8 Å². The molecule has 112 valence electrons. The summed E-state index contributed by atoms with van der Waals surface area (Å²) in [6, 6.07) is 7.71. The van der Waals surface area contributed by atoms with Crippen LogP contribution in [0, 0.1) is 5.41 Å². The fraction of sp³-hybridized carbons (Fsp3) is 0.533. The Hall–Kier alpha value is -1.33. The van der Waals surface area contributed by atoms with Crippen LogP contribution >= 0.6 is 12.2 Å². The Bertz CT molecular complexity index is 429. The van der Waals surface area contributed by atoms with Crippen LogP contribution in [0.25, 0.3) is 0 Å². The third kappa shape index (κ3) is 6.21. The SMILES string of the molecule is COc1ccc(NC(=S)NCC(C)(C)C[NH+](C)C)cc1. The Kier molecular flexibility index (Phi) is 6.23. The summed E-state index contributed by atoms with van der Waals surface area (Å²) in [5.74, 6) is 0.838. The van der Waals surface area contributed by atoms with Gasteiger partial charge in [-0.1, -0.05) is 13.8 Å². The molecule has 0 aliphatic rings. The number of nitrogens with one attached hydrogen (secondary N) is 3. The van der Waals surface area contributed by atoms with Gasteiger partial charge in [0.05, 0.1) is 27.7 Å². The highest BCUT2D eigenvalue weighted by Gasteiger charge is 2.21.